The Morgan fingerprint density at radius 3 is 0.740 bits per heavy atom. The van der Waals surface area contributed by atoms with Crippen LogP contribution in [0, 0.1) is 13.8 Å². The Kier molecular flexibility index (Phi) is 8.51. The molecule has 8 aromatic carbocycles. The zero-order valence-electron chi connectivity index (χ0n) is 28.5. The Morgan fingerprint density at radius 2 is 0.400 bits per heavy atom. The van der Waals surface area contributed by atoms with Crippen molar-refractivity contribution in [2.24, 2.45) is 0 Å². The van der Waals surface area contributed by atoms with Gasteiger partial charge < -0.3 is 0 Å². The van der Waals surface area contributed by atoms with Crippen molar-refractivity contribution in [2.75, 3.05) is 0 Å². The summed E-state index contributed by atoms with van der Waals surface area (Å²) in [5.74, 6) is 0. The van der Waals surface area contributed by atoms with Crippen molar-refractivity contribution in [3.63, 3.8) is 0 Å². The molecule has 0 fully saturated rings. The first-order valence-corrected chi connectivity index (χ1v) is 17.3. The zero-order valence-corrected chi connectivity index (χ0v) is 28.5. The highest BCUT2D eigenvalue weighted by atomic mass is 14.2. The van der Waals surface area contributed by atoms with Gasteiger partial charge in [-0.15, -0.1) is 0 Å². The van der Waals surface area contributed by atoms with Crippen LogP contribution in [0.5, 0.6) is 0 Å². The standard InChI is InChI=1S/C50H38/c1-35-19-23-39(24-20-35)45-29-47(43-17-9-15-41(27-43)37-11-5-3-6-12-37)33-49(31-45)50-32-46(40-25-21-36(2)22-26-40)30-48(34-50)44-18-10-16-42(28-44)38-13-7-4-8-14-38/h3-34H,1-2H3. The molecule has 238 valence electrons. The lowest BCUT2D eigenvalue weighted by atomic mass is 9.89. The van der Waals surface area contributed by atoms with E-state index in [2.05, 4.69) is 208 Å². The van der Waals surface area contributed by atoms with Crippen LogP contribution in [0.1, 0.15) is 11.1 Å². The predicted octanol–water partition coefficient (Wildman–Crippen LogP) is 14.0. The molecule has 8 aromatic rings. The molecule has 0 atom stereocenters. The number of rotatable bonds is 7. The average Bonchev–Trinajstić information content (AvgIpc) is 3.19. The van der Waals surface area contributed by atoms with Crippen LogP contribution in [0.15, 0.2) is 194 Å². The van der Waals surface area contributed by atoms with Gasteiger partial charge in [-0.3, -0.25) is 0 Å². The Hall–Kier alpha value is -6.24. The van der Waals surface area contributed by atoms with Crippen molar-refractivity contribution in [3.05, 3.63) is 205 Å². The molecule has 50 heavy (non-hydrogen) atoms. The third-order valence-electron chi connectivity index (χ3n) is 9.58. The van der Waals surface area contributed by atoms with Crippen LogP contribution < -0.4 is 0 Å². The van der Waals surface area contributed by atoms with E-state index in [0.29, 0.717) is 0 Å². The predicted molar refractivity (Wildman–Crippen MR) is 214 cm³/mol. The van der Waals surface area contributed by atoms with E-state index in [1.54, 1.807) is 0 Å². The summed E-state index contributed by atoms with van der Waals surface area (Å²) in [6.45, 7) is 4.29. The van der Waals surface area contributed by atoms with Crippen molar-refractivity contribution in [1.82, 2.24) is 0 Å². The van der Waals surface area contributed by atoms with E-state index < -0.39 is 0 Å². The quantitative estimate of drug-likeness (QED) is 0.163. The van der Waals surface area contributed by atoms with E-state index in [1.165, 1.54) is 89.0 Å². The van der Waals surface area contributed by atoms with Crippen LogP contribution in [-0.4, -0.2) is 0 Å². The minimum absolute atomic E-state index is 1.19. The molecule has 0 saturated heterocycles. The third kappa shape index (κ3) is 6.70. The molecule has 0 unspecified atom stereocenters. The van der Waals surface area contributed by atoms with Crippen molar-refractivity contribution in [3.8, 4) is 77.9 Å². The Morgan fingerprint density at radius 1 is 0.180 bits per heavy atom. The number of aryl methyl sites for hydroxylation is 2. The zero-order chi connectivity index (χ0) is 33.9. The fourth-order valence-electron chi connectivity index (χ4n) is 6.77. The van der Waals surface area contributed by atoms with Crippen LogP contribution in [0.4, 0.5) is 0 Å². The van der Waals surface area contributed by atoms with Crippen LogP contribution >= 0.6 is 0 Å². The van der Waals surface area contributed by atoms with Crippen molar-refractivity contribution in [2.45, 2.75) is 13.8 Å². The Balaban J connectivity index is 1.32. The normalized spacial score (nSPS) is 11.0. The van der Waals surface area contributed by atoms with Gasteiger partial charge in [0.1, 0.15) is 0 Å². The molecular weight excluding hydrogens is 601 g/mol. The minimum Gasteiger partial charge on any atom is -0.0622 e. The van der Waals surface area contributed by atoms with Crippen LogP contribution in [0.25, 0.3) is 77.9 Å². The summed E-state index contributed by atoms with van der Waals surface area (Å²) in [7, 11) is 0. The summed E-state index contributed by atoms with van der Waals surface area (Å²) in [4.78, 5) is 0. The molecule has 0 heterocycles. The number of benzene rings is 8. The summed E-state index contributed by atoms with van der Waals surface area (Å²) < 4.78 is 0. The smallest absolute Gasteiger partial charge is 0.0171 e. The van der Waals surface area contributed by atoms with Gasteiger partial charge in [-0.05, 0) is 140 Å². The van der Waals surface area contributed by atoms with E-state index in [0.717, 1.165) is 0 Å². The SMILES string of the molecule is Cc1ccc(-c2cc(-c3cccc(-c4ccccc4)c3)cc(-c3cc(-c4ccc(C)cc4)cc(-c4cccc(-c5ccccc5)c4)c3)c2)cc1. The second kappa shape index (κ2) is 13.7. The maximum absolute atomic E-state index is 2.36. The molecule has 0 aliphatic heterocycles. The fourth-order valence-corrected chi connectivity index (χ4v) is 6.77. The lowest BCUT2D eigenvalue weighted by Gasteiger charge is -2.15. The summed E-state index contributed by atoms with van der Waals surface area (Å²) >= 11 is 0. The van der Waals surface area contributed by atoms with Crippen molar-refractivity contribution in [1.29, 1.82) is 0 Å². The van der Waals surface area contributed by atoms with Gasteiger partial charge in [0.05, 0.1) is 0 Å². The molecule has 0 aliphatic rings. The molecule has 0 spiro atoms. The molecule has 0 bridgehead atoms. The van der Waals surface area contributed by atoms with Gasteiger partial charge in [-0.1, -0.05) is 157 Å². The first-order chi connectivity index (χ1) is 24.6. The largest absolute Gasteiger partial charge is 0.0622 e. The van der Waals surface area contributed by atoms with Gasteiger partial charge in [0.15, 0.2) is 0 Å². The highest BCUT2D eigenvalue weighted by Gasteiger charge is 2.13. The van der Waals surface area contributed by atoms with Gasteiger partial charge in [0.25, 0.3) is 0 Å². The van der Waals surface area contributed by atoms with Crippen LogP contribution in [0.3, 0.4) is 0 Å². The molecular formula is C50H38. The first kappa shape index (κ1) is 31.1. The maximum Gasteiger partial charge on any atom is -0.0171 e. The van der Waals surface area contributed by atoms with Gasteiger partial charge in [-0.25, -0.2) is 0 Å². The number of hydrogen-bond donors (Lipinski definition) is 0. The number of hydrogen-bond acceptors (Lipinski definition) is 0. The van der Waals surface area contributed by atoms with Gasteiger partial charge in [-0.2, -0.15) is 0 Å². The molecule has 0 aromatic heterocycles. The first-order valence-electron chi connectivity index (χ1n) is 17.3. The molecule has 0 radical (unpaired) electrons. The second-order valence-corrected chi connectivity index (χ2v) is 13.2. The summed E-state index contributed by atoms with van der Waals surface area (Å²) in [6, 6.07) is 71.0. The average molecular weight is 639 g/mol. The highest BCUT2D eigenvalue weighted by molar-refractivity contribution is 5.87. The third-order valence-corrected chi connectivity index (χ3v) is 9.58. The van der Waals surface area contributed by atoms with E-state index in [9.17, 15) is 0 Å². The fraction of sp³-hybridized carbons (Fsp3) is 0.0400. The van der Waals surface area contributed by atoms with Gasteiger partial charge in [0.2, 0.25) is 0 Å². The summed E-state index contributed by atoms with van der Waals surface area (Å²) in [6.07, 6.45) is 0. The highest BCUT2D eigenvalue weighted by Crippen LogP contribution is 2.39. The second-order valence-electron chi connectivity index (χ2n) is 13.2. The Labute approximate surface area is 296 Å². The van der Waals surface area contributed by atoms with Crippen LogP contribution in [-0.2, 0) is 0 Å². The van der Waals surface area contributed by atoms with Crippen molar-refractivity contribution >= 4 is 0 Å². The minimum atomic E-state index is 1.19. The van der Waals surface area contributed by atoms with E-state index in [4.69, 9.17) is 0 Å². The molecule has 0 heteroatoms. The molecule has 0 saturated carbocycles. The van der Waals surface area contributed by atoms with E-state index >= 15 is 0 Å². The van der Waals surface area contributed by atoms with Gasteiger partial charge >= 0.3 is 0 Å². The molecule has 8 rings (SSSR count). The lowest BCUT2D eigenvalue weighted by molar-refractivity contribution is 1.46. The lowest BCUT2D eigenvalue weighted by Crippen LogP contribution is -1.90. The molecule has 0 N–H and O–H groups in total. The molecule has 0 aliphatic carbocycles. The van der Waals surface area contributed by atoms with E-state index in [1.807, 2.05) is 0 Å². The van der Waals surface area contributed by atoms with Gasteiger partial charge in [0, 0.05) is 0 Å². The molecule has 0 amide bonds. The van der Waals surface area contributed by atoms with E-state index in [-0.39, 0.29) is 0 Å². The Bertz CT molecular complexity index is 2220. The molecule has 0 nitrogen and oxygen atoms in total. The van der Waals surface area contributed by atoms with Crippen LogP contribution in [0.2, 0.25) is 0 Å². The summed E-state index contributed by atoms with van der Waals surface area (Å²) in [5.41, 5.74) is 19.4. The van der Waals surface area contributed by atoms with Crippen molar-refractivity contribution < 1.29 is 0 Å². The summed E-state index contributed by atoms with van der Waals surface area (Å²) in [5, 5.41) is 0. The monoisotopic (exact) mass is 638 g/mol. The topological polar surface area (TPSA) is 0 Å². The maximum atomic E-state index is 2.36.